The van der Waals surface area contributed by atoms with Crippen LogP contribution in [0.25, 0.3) is 0 Å². The maximum Gasteiger partial charge on any atom is 0.0590 e. The van der Waals surface area contributed by atoms with Gasteiger partial charge in [0.2, 0.25) is 0 Å². The summed E-state index contributed by atoms with van der Waals surface area (Å²) in [5, 5.41) is 4.74. The Morgan fingerprint density at radius 2 is 1.75 bits per heavy atom. The summed E-state index contributed by atoms with van der Waals surface area (Å²) >= 11 is 17.9. The van der Waals surface area contributed by atoms with Crippen molar-refractivity contribution in [1.29, 1.82) is 0 Å². The van der Waals surface area contributed by atoms with Gasteiger partial charge in [0.05, 0.1) is 13.2 Å². The fourth-order valence-electron chi connectivity index (χ4n) is 1.26. The van der Waals surface area contributed by atoms with Gasteiger partial charge in [-0.2, -0.15) is 0 Å². The van der Waals surface area contributed by atoms with Crippen LogP contribution in [-0.2, 0) is 11.2 Å². The predicted octanol–water partition coefficient (Wildman–Crippen LogP) is 3.43. The predicted molar refractivity (Wildman–Crippen MR) is 69.9 cm³/mol. The minimum Gasteiger partial charge on any atom is -0.380 e. The second-order valence-corrected chi connectivity index (χ2v) is 4.56. The van der Waals surface area contributed by atoms with E-state index in [9.17, 15) is 0 Å². The topological polar surface area (TPSA) is 21.3 Å². The summed E-state index contributed by atoms with van der Waals surface area (Å²) in [5.41, 5.74) is 0.886. The van der Waals surface area contributed by atoms with Crippen molar-refractivity contribution < 1.29 is 4.74 Å². The molecule has 2 nitrogen and oxygen atoms in total. The molecule has 1 aromatic rings. The van der Waals surface area contributed by atoms with Gasteiger partial charge < -0.3 is 10.1 Å². The van der Waals surface area contributed by atoms with E-state index in [1.165, 1.54) is 0 Å². The first-order valence-corrected chi connectivity index (χ1v) is 6.14. The molecule has 0 fully saturated rings. The molecule has 0 saturated carbocycles. The number of hydrogen-bond donors (Lipinski definition) is 1. The van der Waals surface area contributed by atoms with Gasteiger partial charge in [0.15, 0.2) is 0 Å². The smallest absolute Gasteiger partial charge is 0.0590 e. The quantitative estimate of drug-likeness (QED) is 0.807. The fourth-order valence-corrected chi connectivity index (χ4v) is 2.27. The highest BCUT2D eigenvalue weighted by atomic mass is 35.5. The van der Waals surface area contributed by atoms with E-state index in [4.69, 9.17) is 39.5 Å². The van der Waals surface area contributed by atoms with Crippen LogP contribution >= 0.6 is 34.8 Å². The van der Waals surface area contributed by atoms with Crippen molar-refractivity contribution in [2.75, 3.05) is 26.8 Å². The Morgan fingerprint density at radius 3 is 2.31 bits per heavy atom. The normalized spacial score (nSPS) is 10.8. The van der Waals surface area contributed by atoms with Crippen LogP contribution in [0.2, 0.25) is 15.1 Å². The van der Waals surface area contributed by atoms with E-state index in [2.05, 4.69) is 5.32 Å². The Hall–Kier alpha value is 0.01000. The minimum atomic E-state index is 0.551. The third-order valence-corrected chi connectivity index (χ3v) is 2.99. The van der Waals surface area contributed by atoms with Crippen LogP contribution in [0.15, 0.2) is 12.1 Å². The van der Waals surface area contributed by atoms with Crippen molar-refractivity contribution in [3.8, 4) is 0 Å². The number of benzene rings is 1. The zero-order chi connectivity index (χ0) is 12.0. The van der Waals surface area contributed by atoms with Crippen molar-refractivity contribution in [2.24, 2.45) is 0 Å². The first kappa shape index (κ1) is 14.1. The van der Waals surface area contributed by atoms with Gasteiger partial charge in [-0.15, -0.1) is 0 Å². The van der Waals surface area contributed by atoms with E-state index in [0.717, 1.165) is 12.1 Å². The molecule has 1 rings (SSSR count). The van der Waals surface area contributed by atoms with Gasteiger partial charge in [0.25, 0.3) is 0 Å². The Balaban J connectivity index is 2.47. The van der Waals surface area contributed by atoms with Crippen molar-refractivity contribution in [3.63, 3.8) is 0 Å². The van der Waals surface area contributed by atoms with Gasteiger partial charge >= 0.3 is 0 Å². The summed E-state index contributed by atoms with van der Waals surface area (Å²) < 4.78 is 5.41. The summed E-state index contributed by atoms with van der Waals surface area (Å²) in [7, 11) is 1.89. The van der Waals surface area contributed by atoms with Crippen molar-refractivity contribution in [2.45, 2.75) is 6.42 Å². The lowest BCUT2D eigenvalue weighted by Gasteiger charge is -2.08. The molecule has 0 aliphatic carbocycles. The maximum atomic E-state index is 6.04. The molecule has 0 aliphatic heterocycles. The minimum absolute atomic E-state index is 0.551. The number of likely N-dealkylation sites (N-methyl/N-ethyl adjacent to an activating group) is 1. The fraction of sp³-hybridized carbons (Fsp3) is 0.455. The maximum absolute atomic E-state index is 6.04. The van der Waals surface area contributed by atoms with Crippen molar-refractivity contribution >= 4 is 34.8 Å². The molecule has 16 heavy (non-hydrogen) atoms. The lowest BCUT2D eigenvalue weighted by atomic mass is 10.1. The van der Waals surface area contributed by atoms with Crippen LogP contribution in [0.4, 0.5) is 0 Å². The highest BCUT2D eigenvalue weighted by Crippen LogP contribution is 2.29. The molecule has 90 valence electrons. The Labute approximate surface area is 111 Å². The van der Waals surface area contributed by atoms with E-state index < -0.39 is 0 Å². The highest BCUT2D eigenvalue weighted by molar-refractivity contribution is 6.39. The van der Waals surface area contributed by atoms with Crippen LogP contribution in [0.1, 0.15) is 5.56 Å². The number of nitrogens with one attached hydrogen (secondary N) is 1. The molecule has 0 radical (unpaired) electrons. The molecular formula is C11H14Cl3NO. The van der Waals surface area contributed by atoms with Crippen LogP contribution in [0.3, 0.4) is 0 Å². The standard InChI is InChI=1S/C11H14Cl3NO/c1-15-3-5-16-4-2-9-10(13)6-8(12)7-11(9)14/h6-7,15H,2-5H2,1H3. The Bertz CT molecular complexity index is 321. The molecule has 1 N–H and O–H groups in total. The number of hydrogen-bond acceptors (Lipinski definition) is 2. The van der Waals surface area contributed by atoms with Crippen molar-refractivity contribution in [1.82, 2.24) is 5.32 Å². The highest BCUT2D eigenvalue weighted by Gasteiger charge is 2.07. The molecule has 0 aromatic heterocycles. The lowest BCUT2D eigenvalue weighted by molar-refractivity contribution is 0.140. The number of ether oxygens (including phenoxy) is 1. The summed E-state index contributed by atoms with van der Waals surface area (Å²) in [6.07, 6.45) is 0.693. The molecular weight excluding hydrogens is 268 g/mol. The van der Waals surface area contributed by atoms with Gasteiger partial charge in [0, 0.05) is 21.6 Å². The molecule has 0 heterocycles. The van der Waals surface area contributed by atoms with Gasteiger partial charge in [-0.25, -0.2) is 0 Å². The molecule has 0 bridgehead atoms. The average Bonchev–Trinajstić information content (AvgIpc) is 2.20. The van der Waals surface area contributed by atoms with Crippen LogP contribution in [0.5, 0.6) is 0 Å². The van der Waals surface area contributed by atoms with Gasteiger partial charge in [0.1, 0.15) is 0 Å². The molecule has 1 aromatic carbocycles. The first-order chi connectivity index (χ1) is 7.65. The second-order valence-electron chi connectivity index (χ2n) is 3.31. The Morgan fingerprint density at radius 1 is 1.12 bits per heavy atom. The third kappa shape index (κ3) is 4.48. The van der Waals surface area contributed by atoms with Crippen LogP contribution in [0, 0.1) is 0 Å². The molecule has 0 spiro atoms. The number of rotatable bonds is 6. The largest absolute Gasteiger partial charge is 0.380 e. The zero-order valence-electron chi connectivity index (χ0n) is 9.03. The van der Waals surface area contributed by atoms with Gasteiger partial charge in [-0.3, -0.25) is 0 Å². The SMILES string of the molecule is CNCCOCCc1c(Cl)cc(Cl)cc1Cl. The van der Waals surface area contributed by atoms with Crippen molar-refractivity contribution in [3.05, 3.63) is 32.8 Å². The molecule has 0 unspecified atom stereocenters. The molecule has 0 atom stereocenters. The summed E-state index contributed by atoms with van der Waals surface area (Å²) in [6, 6.07) is 3.38. The van der Waals surface area contributed by atoms with E-state index in [-0.39, 0.29) is 0 Å². The average molecular weight is 283 g/mol. The summed E-state index contributed by atoms with van der Waals surface area (Å²) in [5.74, 6) is 0. The summed E-state index contributed by atoms with van der Waals surface area (Å²) in [6.45, 7) is 2.12. The monoisotopic (exact) mass is 281 g/mol. The molecule has 0 amide bonds. The Kier molecular flexibility index (Phi) is 6.47. The van der Waals surface area contributed by atoms with Gasteiger partial charge in [-0.05, 0) is 31.2 Å². The third-order valence-electron chi connectivity index (χ3n) is 2.10. The second kappa shape index (κ2) is 7.36. The van der Waals surface area contributed by atoms with E-state index in [1.54, 1.807) is 12.1 Å². The zero-order valence-corrected chi connectivity index (χ0v) is 11.3. The molecule has 0 aliphatic rings. The molecule has 0 saturated heterocycles. The van der Waals surface area contributed by atoms with E-state index >= 15 is 0 Å². The number of halogens is 3. The summed E-state index contributed by atoms with van der Waals surface area (Å²) in [4.78, 5) is 0. The first-order valence-electron chi connectivity index (χ1n) is 5.01. The van der Waals surface area contributed by atoms with E-state index in [0.29, 0.717) is 34.7 Å². The van der Waals surface area contributed by atoms with E-state index in [1.807, 2.05) is 7.05 Å². The van der Waals surface area contributed by atoms with Crippen LogP contribution in [-0.4, -0.2) is 26.8 Å². The lowest BCUT2D eigenvalue weighted by Crippen LogP contribution is -2.15. The van der Waals surface area contributed by atoms with Crippen LogP contribution < -0.4 is 5.32 Å². The van der Waals surface area contributed by atoms with Gasteiger partial charge in [-0.1, -0.05) is 34.8 Å². The molecule has 5 heteroatoms.